The van der Waals surface area contributed by atoms with Crippen LogP contribution in [-0.2, 0) is 11.6 Å². The molecule has 3 aromatic rings. The van der Waals surface area contributed by atoms with Gasteiger partial charge in [0, 0.05) is 23.4 Å². The lowest BCUT2D eigenvalue weighted by molar-refractivity contribution is -0.142. The first-order valence-electron chi connectivity index (χ1n) is 9.73. The largest absolute Gasteiger partial charge is 0.433 e. The molecule has 0 radical (unpaired) electrons. The number of halogens is 3. The second-order valence-corrected chi connectivity index (χ2v) is 9.22. The summed E-state index contributed by atoms with van der Waals surface area (Å²) >= 11 is 1.33. The standard InChI is InChI=1S/C20H22F3N5OS/c1-19(2,3)15-9-16(20(21,22)23)28-17(25-15)8-12(26-28)14-6-4-5-7-27(14)18(29)13-10-30-11-24-13/h8-11,14H,4-7H2,1-3H3/t14-/m1/s1. The Morgan fingerprint density at radius 2 is 1.97 bits per heavy atom. The van der Waals surface area contributed by atoms with E-state index < -0.39 is 23.3 Å². The molecule has 3 aromatic heterocycles. The number of nitrogens with zero attached hydrogens (tertiary/aromatic N) is 5. The molecule has 1 amide bonds. The molecule has 0 aliphatic carbocycles. The van der Waals surface area contributed by atoms with Crippen LogP contribution in [0.1, 0.15) is 73.6 Å². The van der Waals surface area contributed by atoms with E-state index in [2.05, 4.69) is 15.1 Å². The number of rotatable bonds is 2. The van der Waals surface area contributed by atoms with Crippen molar-refractivity contribution in [2.75, 3.05) is 6.54 Å². The number of carbonyl (C=O) groups excluding carboxylic acids is 1. The van der Waals surface area contributed by atoms with Crippen LogP contribution >= 0.6 is 11.3 Å². The minimum Gasteiger partial charge on any atom is -0.329 e. The van der Waals surface area contributed by atoms with Crippen molar-refractivity contribution < 1.29 is 18.0 Å². The second-order valence-electron chi connectivity index (χ2n) is 8.50. The van der Waals surface area contributed by atoms with Crippen molar-refractivity contribution in [2.45, 2.75) is 57.7 Å². The number of fused-ring (bicyclic) bond motifs is 1. The summed E-state index contributed by atoms with van der Waals surface area (Å²) in [6.45, 7) is 5.97. The van der Waals surface area contributed by atoms with E-state index in [1.165, 1.54) is 11.3 Å². The number of thiazole rings is 1. The van der Waals surface area contributed by atoms with Gasteiger partial charge in [-0.1, -0.05) is 20.8 Å². The molecule has 4 heterocycles. The van der Waals surface area contributed by atoms with Crippen LogP contribution in [0.2, 0.25) is 0 Å². The van der Waals surface area contributed by atoms with Crippen LogP contribution in [0, 0.1) is 0 Å². The highest BCUT2D eigenvalue weighted by Crippen LogP contribution is 2.36. The highest BCUT2D eigenvalue weighted by molar-refractivity contribution is 7.07. The molecule has 1 saturated heterocycles. The van der Waals surface area contributed by atoms with Crippen LogP contribution < -0.4 is 0 Å². The molecule has 1 aliphatic rings. The third kappa shape index (κ3) is 3.80. The predicted molar refractivity (Wildman–Crippen MR) is 106 cm³/mol. The second kappa shape index (κ2) is 7.33. The first kappa shape index (κ1) is 20.8. The van der Waals surface area contributed by atoms with E-state index in [-0.39, 0.29) is 11.6 Å². The summed E-state index contributed by atoms with van der Waals surface area (Å²) in [5, 5.41) is 5.94. The summed E-state index contributed by atoms with van der Waals surface area (Å²) in [4.78, 5) is 23.1. The third-order valence-corrected chi connectivity index (χ3v) is 5.85. The van der Waals surface area contributed by atoms with Crippen molar-refractivity contribution in [3.63, 3.8) is 0 Å². The first-order valence-corrected chi connectivity index (χ1v) is 10.7. The molecule has 30 heavy (non-hydrogen) atoms. The molecule has 10 heteroatoms. The molecule has 0 spiro atoms. The van der Waals surface area contributed by atoms with Gasteiger partial charge in [0.2, 0.25) is 0 Å². The number of likely N-dealkylation sites (tertiary alicyclic amines) is 1. The minimum absolute atomic E-state index is 0.136. The van der Waals surface area contributed by atoms with Crippen LogP contribution in [0.3, 0.4) is 0 Å². The SMILES string of the molecule is CC(C)(C)c1cc(C(F)(F)F)n2nc([C@H]3CCCCN3C(=O)c3cscn3)cc2n1. The quantitative estimate of drug-likeness (QED) is 0.574. The molecule has 1 atom stereocenters. The first-order chi connectivity index (χ1) is 14.1. The smallest absolute Gasteiger partial charge is 0.329 e. The van der Waals surface area contributed by atoms with Gasteiger partial charge in [0.15, 0.2) is 5.65 Å². The zero-order chi connectivity index (χ0) is 21.7. The molecule has 0 saturated carbocycles. The van der Waals surface area contributed by atoms with E-state index in [1.807, 2.05) is 20.8 Å². The average Bonchev–Trinajstić information content (AvgIpc) is 3.34. The average molecular weight is 437 g/mol. The Bertz CT molecular complexity index is 1070. The minimum atomic E-state index is -4.58. The molecule has 0 aromatic carbocycles. The molecular formula is C20H22F3N5OS. The van der Waals surface area contributed by atoms with Gasteiger partial charge in [0.1, 0.15) is 11.4 Å². The van der Waals surface area contributed by atoms with Crippen LogP contribution in [0.4, 0.5) is 13.2 Å². The van der Waals surface area contributed by atoms with Gasteiger partial charge >= 0.3 is 6.18 Å². The predicted octanol–water partition coefficient (Wildman–Crippen LogP) is 4.87. The number of hydrogen-bond acceptors (Lipinski definition) is 5. The summed E-state index contributed by atoms with van der Waals surface area (Å²) in [5.41, 5.74) is 1.41. The molecule has 1 fully saturated rings. The normalized spacial score (nSPS) is 18.2. The molecule has 1 aliphatic heterocycles. The van der Waals surface area contributed by atoms with Gasteiger partial charge in [-0.25, -0.2) is 14.5 Å². The van der Waals surface area contributed by atoms with E-state index in [0.29, 0.717) is 30.0 Å². The number of alkyl halides is 3. The molecule has 0 unspecified atom stereocenters. The number of amides is 1. The fourth-order valence-electron chi connectivity index (χ4n) is 3.69. The highest BCUT2D eigenvalue weighted by Gasteiger charge is 2.38. The Labute approximate surface area is 175 Å². The molecule has 4 rings (SSSR count). The molecular weight excluding hydrogens is 415 g/mol. The number of carbonyl (C=O) groups is 1. The van der Waals surface area contributed by atoms with Crippen molar-refractivity contribution in [3.8, 4) is 0 Å². The fourth-order valence-corrected chi connectivity index (χ4v) is 4.21. The summed E-state index contributed by atoms with van der Waals surface area (Å²) in [7, 11) is 0. The van der Waals surface area contributed by atoms with E-state index >= 15 is 0 Å². The summed E-state index contributed by atoms with van der Waals surface area (Å²) in [5.74, 6) is -0.225. The zero-order valence-electron chi connectivity index (χ0n) is 16.9. The summed E-state index contributed by atoms with van der Waals surface area (Å²) in [6.07, 6.45) is -2.24. The van der Waals surface area contributed by atoms with E-state index in [0.717, 1.165) is 23.4 Å². The van der Waals surface area contributed by atoms with Gasteiger partial charge in [0.25, 0.3) is 5.91 Å². The van der Waals surface area contributed by atoms with Gasteiger partial charge in [-0.15, -0.1) is 11.3 Å². The van der Waals surface area contributed by atoms with Crippen LogP contribution in [0.5, 0.6) is 0 Å². The van der Waals surface area contributed by atoms with Gasteiger partial charge in [-0.2, -0.15) is 18.3 Å². The van der Waals surface area contributed by atoms with Crippen molar-refractivity contribution >= 4 is 22.9 Å². The summed E-state index contributed by atoms with van der Waals surface area (Å²) < 4.78 is 42.2. The Hall–Kier alpha value is -2.49. The van der Waals surface area contributed by atoms with Crippen molar-refractivity contribution in [3.05, 3.63) is 45.8 Å². The van der Waals surface area contributed by atoms with E-state index in [1.54, 1.807) is 21.9 Å². The number of piperidine rings is 1. The van der Waals surface area contributed by atoms with Crippen LogP contribution in [0.15, 0.2) is 23.0 Å². The molecule has 0 bridgehead atoms. The Kier molecular flexibility index (Phi) is 5.08. The maximum atomic E-state index is 13.8. The van der Waals surface area contributed by atoms with Crippen LogP contribution in [0.25, 0.3) is 5.65 Å². The van der Waals surface area contributed by atoms with E-state index in [9.17, 15) is 18.0 Å². The zero-order valence-corrected chi connectivity index (χ0v) is 17.7. The highest BCUT2D eigenvalue weighted by atomic mass is 32.1. The van der Waals surface area contributed by atoms with Crippen LogP contribution in [-0.4, -0.2) is 36.9 Å². The van der Waals surface area contributed by atoms with Gasteiger partial charge in [0.05, 0.1) is 22.9 Å². The lowest BCUT2D eigenvalue weighted by atomic mass is 9.91. The maximum Gasteiger partial charge on any atom is 0.433 e. The van der Waals surface area contributed by atoms with E-state index in [4.69, 9.17) is 0 Å². The Morgan fingerprint density at radius 3 is 2.60 bits per heavy atom. The van der Waals surface area contributed by atoms with Gasteiger partial charge in [-0.3, -0.25) is 4.79 Å². The monoisotopic (exact) mass is 437 g/mol. The molecule has 6 nitrogen and oxygen atoms in total. The molecule has 0 N–H and O–H groups in total. The lowest BCUT2D eigenvalue weighted by Crippen LogP contribution is -2.38. The van der Waals surface area contributed by atoms with Gasteiger partial charge in [-0.05, 0) is 25.3 Å². The van der Waals surface area contributed by atoms with Crippen molar-refractivity contribution in [1.82, 2.24) is 24.5 Å². The van der Waals surface area contributed by atoms with Gasteiger partial charge < -0.3 is 4.90 Å². The summed E-state index contributed by atoms with van der Waals surface area (Å²) in [6, 6.07) is 2.22. The maximum absolute atomic E-state index is 13.8. The number of hydrogen-bond donors (Lipinski definition) is 0. The fraction of sp³-hybridized carbons (Fsp3) is 0.500. The van der Waals surface area contributed by atoms with Crippen molar-refractivity contribution in [1.29, 1.82) is 0 Å². The Balaban J connectivity index is 1.81. The topological polar surface area (TPSA) is 63.4 Å². The third-order valence-electron chi connectivity index (χ3n) is 5.26. The number of aromatic nitrogens is 4. The lowest BCUT2D eigenvalue weighted by Gasteiger charge is -2.34. The van der Waals surface area contributed by atoms with Crippen molar-refractivity contribution in [2.24, 2.45) is 0 Å². The Morgan fingerprint density at radius 1 is 1.20 bits per heavy atom. The molecule has 160 valence electrons.